The molecular formula is C11H20N2O. The van der Waals surface area contributed by atoms with E-state index >= 15 is 0 Å². The summed E-state index contributed by atoms with van der Waals surface area (Å²) in [4.78, 5) is 11.5. The molecule has 0 aromatic rings. The minimum atomic E-state index is -0.360. The van der Waals surface area contributed by atoms with Crippen molar-refractivity contribution < 1.29 is 4.79 Å². The van der Waals surface area contributed by atoms with Gasteiger partial charge in [0.25, 0.3) is 0 Å². The molecule has 0 radical (unpaired) electrons. The number of amides is 1. The molecule has 0 spiro atoms. The molecule has 0 bridgehead atoms. The maximum atomic E-state index is 11.5. The molecule has 0 aromatic heterocycles. The van der Waals surface area contributed by atoms with Gasteiger partial charge in [0.05, 0.1) is 5.54 Å². The van der Waals surface area contributed by atoms with Crippen LogP contribution in [0.3, 0.4) is 0 Å². The van der Waals surface area contributed by atoms with Crippen molar-refractivity contribution in [2.75, 3.05) is 6.54 Å². The first-order chi connectivity index (χ1) is 6.73. The Labute approximate surface area is 85.4 Å². The third kappa shape index (κ3) is 2.08. The summed E-state index contributed by atoms with van der Waals surface area (Å²) in [5.74, 6) is 0.672. The topological polar surface area (TPSA) is 55.1 Å². The number of carbonyl (C=O) groups excluding carboxylic acids is 1. The van der Waals surface area contributed by atoms with Gasteiger partial charge in [0.1, 0.15) is 0 Å². The number of carbonyl (C=O) groups is 1. The van der Waals surface area contributed by atoms with E-state index in [0.717, 1.165) is 38.1 Å². The van der Waals surface area contributed by atoms with Crippen molar-refractivity contribution in [3.63, 3.8) is 0 Å². The van der Waals surface area contributed by atoms with Gasteiger partial charge in [0, 0.05) is 0 Å². The molecule has 3 nitrogen and oxygen atoms in total. The Morgan fingerprint density at radius 2 is 1.93 bits per heavy atom. The number of nitrogens with two attached hydrogens (primary N) is 1. The van der Waals surface area contributed by atoms with E-state index in [4.69, 9.17) is 5.73 Å². The van der Waals surface area contributed by atoms with Crippen LogP contribution >= 0.6 is 0 Å². The minimum absolute atomic E-state index is 0.141. The van der Waals surface area contributed by atoms with Crippen molar-refractivity contribution in [1.29, 1.82) is 0 Å². The van der Waals surface area contributed by atoms with E-state index in [1.54, 1.807) is 0 Å². The third-order valence-corrected chi connectivity index (χ3v) is 3.60. The second-order valence-electron chi connectivity index (χ2n) is 4.83. The Morgan fingerprint density at radius 3 is 2.43 bits per heavy atom. The van der Waals surface area contributed by atoms with E-state index < -0.39 is 0 Å². The molecule has 14 heavy (non-hydrogen) atoms. The second-order valence-corrected chi connectivity index (χ2v) is 4.83. The van der Waals surface area contributed by atoms with Gasteiger partial charge >= 0.3 is 0 Å². The molecular weight excluding hydrogens is 176 g/mol. The van der Waals surface area contributed by atoms with Crippen molar-refractivity contribution in [2.24, 2.45) is 11.7 Å². The lowest BCUT2D eigenvalue weighted by Crippen LogP contribution is -2.57. The van der Waals surface area contributed by atoms with Crippen molar-refractivity contribution in [1.82, 2.24) is 5.32 Å². The zero-order chi connectivity index (χ0) is 10.0. The highest BCUT2D eigenvalue weighted by atomic mass is 16.1. The first kappa shape index (κ1) is 9.97. The minimum Gasteiger partial charge on any atom is -0.368 e. The normalized spacial score (nSPS) is 26.0. The molecule has 2 aliphatic carbocycles. The number of hydrogen-bond donors (Lipinski definition) is 2. The third-order valence-electron chi connectivity index (χ3n) is 3.60. The molecule has 0 heterocycles. The summed E-state index contributed by atoms with van der Waals surface area (Å²) in [5.41, 5.74) is 5.15. The molecule has 3 N–H and O–H groups in total. The van der Waals surface area contributed by atoms with Crippen LogP contribution in [0.5, 0.6) is 0 Å². The molecule has 0 unspecified atom stereocenters. The van der Waals surface area contributed by atoms with E-state index in [-0.39, 0.29) is 11.4 Å². The van der Waals surface area contributed by atoms with Crippen LogP contribution < -0.4 is 11.1 Å². The first-order valence-electron chi connectivity index (χ1n) is 5.78. The number of rotatable bonds is 4. The predicted molar refractivity (Wildman–Crippen MR) is 55.7 cm³/mol. The number of nitrogens with one attached hydrogen (secondary N) is 1. The van der Waals surface area contributed by atoms with Crippen LogP contribution in [0.4, 0.5) is 0 Å². The zero-order valence-electron chi connectivity index (χ0n) is 8.72. The van der Waals surface area contributed by atoms with Gasteiger partial charge in [-0.25, -0.2) is 0 Å². The van der Waals surface area contributed by atoms with Crippen LogP contribution in [-0.2, 0) is 4.79 Å². The quantitative estimate of drug-likeness (QED) is 0.709. The van der Waals surface area contributed by atoms with Crippen molar-refractivity contribution in [3.8, 4) is 0 Å². The molecule has 2 aliphatic rings. The molecule has 1 amide bonds. The summed E-state index contributed by atoms with van der Waals surface area (Å²) in [6, 6.07) is 0. The van der Waals surface area contributed by atoms with Crippen molar-refractivity contribution in [2.45, 2.75) is 50.5 Å². The van der Waals surface area contributed by atoms with E-state index in [1.807, 2.05) is 0 Å². The Kier molecular flexibility index (Phi) is 2.77. The van der Waals surface area contributed by atoms with Gasteiger partial charge in [0.2, 0.25) is 5.91 Å². The summed E-state index contributed by atoms with van der Waals surface area (Å²) in [6.07, 6.45) is 8.05. The van der Waals surface area contributed by atoms with Crippen LogP contribution in [-0.4, -0.2) is 18.0 Å². The Balaban J connectivity index is 1.92. The van der Waals surface area contributed by atoms with Gasteiger partial charge in [-0.3, -0.25) is 4.79 Å². The highest BCUT2D eigenvalue weighted by molar-refractivity contribution is 5.84. The predicted octanol–water partition coefficient (Wildman–Crippen LogP) is 1.17. The van der Waals surface area contributed by atoms with Gasteiger partial charge in [-0.05, 0) is 38.1 Å². The smallest absolute Gasteiger partial charge is 0.237 e. The fourth-order valence-electron chi connectivity index (χ4n) is 2.33. The first-order valence-corrected chi connectivity index (χ1v) is 5.78. The fourth-order valence-corrected chi connectivity index (χ4v) is 2.33. The van der Waals surface area contributed by atoms with Crippen LogP contribution in [0.15, 0.2) is 0 Å². The van der Waals surface area contributed by atoms with Crippen LogP contribution in [0.1, 0.15) is 44.9 Å². The second kappa shape index (κ2) is 3.89. The van der Waals surface area contributed by atoms with Gasteiger partial charge < -0.3 is 11.1 Å². The molecule has 0 saturated heterocycles. The lowest BCUT2D eigenvalue weighted by atomic mass is 9.81. The summed E-state index contributed by atoms with van der Waals surface area (Å²) >= 11 is 0. The SMILES string of the molecule is NC(=O)C1(NCC2CC2)CCCCC1. The average Bonchev–Trinajstić information content (AvgIpc) is 2.99. The van der Waals surface area contributed by atoms with Gasteiger partial charge in [-0.1, -0.05) is 19.3 Å². The van der Waals surface area contributed by atoms with E-state index in [1.165, 1.54) is 19.3 Å². The van der Waals surface area contributed by atoms with Crippen LogP contribution in [0.25, 0.3) is 0 Å². The molecule has 3 heteroatoms. The summed E-state index contributed by atoms with van der Waals surface area (Å²) in [5, 5.41) is 3.42. The fraction of sp³-hybridized carbons (Fsp3) is 0.909. The van der Waals surface area contributed by atoms with E-state index in [2.05, 4.69) is 5.32 Å². The summed E-state index contributed by atoms with van der Waals surface area (Å²) in [6.45, 7) is 0.989. The van der Waals surface area contributed by atoms with E-state index in [0.29, 0.717) is 0 Å². The molecule has 2 rings (SSSR count). The summed E-state index contributed by atoms with van der Waals surface area (Å²) < 4.78 is 0. The average molecular weight is 196 g/mol. The van der Waals surface area contributed by atoms with Gasteiger partial charge in [-0.2, -0.15) is 0 Å². The molecule has 2 saturated carbocycles. The van der Waals surface area contributed by atoms with Crippen LogP contribution in [0, 0.1) is 5.92 Å². The highest BCUT2D eigenvalue weighted by Gasteiger charge is 2.38. The molecule has 80 valence electrons. The van der Waals surface area contributed by atoms with Crippen molar-refractivity contribution in [3.05, 3.63) is 0 Å². The number of hydrogen-bond acceptors (Lipinski definition) is 2. The Morgan fingerprint density at radius 1 is 1.29 bits per heavy atom. The van der Waals surface area contributed by atoms with Gasteiger partial charge in [-0.15, -0.1) is 0 Å². The monoisotopic (exact) mass is 196 g/mol. The molecule has 0 aromatic carbocycles. The Bertz CT molecular complexity index is 217. The van der Waals surface area contributed by atoms with Gasteiger partial charge in [0.15, 0.2) is 0 Å². The maximum absolute atomic E-state index is 11.5. The van der Waals surface area contributed by atoms with Crippen LogP contribution in [0.2, 0.25) is 0 Å². The largest absolute Gasteiger partial charge is 0.368 e. The maximum Gasteiger partial charge on any atom is 0.237 e. The highest BCUT2D eigenvalue weighted by Crippen LogP contribution is 2.32. The summed E-state index contributed by atoms with van der Waals surface area (Å²) in [7, 11) is 0. The lowest BCUT2D eigenvalue weighted by molar-refractivity contribution is -0.125. The molecule has 0 aliphatic heterocycles. The van der Waals surface area contributed by atoms with E-state index in [9.17, 15) is 4.79 Å². The standard InChI is InChI=1S/C11H20N2O/c12-10(14)11(6-2-1-3-7-11)13-8-9-4-5-9/h9,13H,1-8H2,(H2,12,14). The molecule has 2 fully saturated rings. The lowest BCUT2D eigenvalue weighted by Gasteiger charge is -2.35. The van der Waals surface area contributed by atoms with Crippen molar-refractivity contribution >= 4 is 5.91 Å². The molecule has 0 atom stereocenters. The zero-order valence-corrected chi connectivity index (χ0v) is 8.72. The Hall–Kier alpha value is -0.570. The number of primary amides is 1.